The van der Waals surface area contributed by atoms with Gasteiger partial charge in [0.25, 0.3) is 0 Å². The molecule has 0 aliphatic carbocycles. The van der Waals surface area contributed by atoms with E-state index in [0.29, 0.717) is 12.2 Å². The number of ketones is 1. The number of likely N-dealkylation sites (N-methyl/N-ethyl adjacent to an activating group) is 1. The highest BCUT2D eigenvalue weighted by atomic mass is 19.4. The van der Waals surface area contributed by atoms with Crippen LogP contribution in [0.5, 0.6) is 5.75 Å². The summed E-state index contributed by atoms with van der Waals surface area (Å²) < 4.78 is 42.4. The van der Waals surface area contributed by atoms with Crippen LogP contribution in [0, 0.1) is 0 Å². The second-order valence-electron chi connectivity index (χ2n) is 4.76. The van der Waals surface area contributed by atoms with Gasteiger partial charge in [0.05, 0.1) is 19.7 Å². The molecular weight excluding hydrogens is 271 g/mol. The molecule has 1 aliphatic rings. The van der Waals surface area contributed by atoms with Crippen LogP contribution in [0.1, 0.15) is 22.8 Å². The number of carbonyl (C=O) groups is 1. The number of rotatable bonds is 5. The maximum Gasteiger partial charge on any atom is 0.401 e. The Morgan fingerprint density at radius 1 is 1.40 bits per heavy atom. The third-order valence-corrected chi connectivity index (χ3v) is 3.23. The number of carbonyl (C=O) groups excluding carboxylic acids is 1. The molecule has 0 fully saturated rings. The quantitative estimate of drug-likeness (QED) is 0.780. The molecular formula is C14H16F3NO2. The molecule has 0 spiro atoms. The first-order valence-corrected chi connectivity index (χ1v) is 6.47. The van der Waals surface area contributed by atoms with Gasteiger partial charge in [0.2, 0.25) is 0 Å². The van der Waals surface area contributed by atoms with Crippen molar-refractivity contribution in [1.82, 2.24) is 4.90 Å². The third-order valence-electron chi connectivity index (χ3n) is 3.23. The second kappa shape index (κ2) is 5.83. The van der Waals surface area contributed by atoms with Gasteiger partial charge in [-0.15, -0.1) is 0 Å². The number of nitrogens with zero attached hydrogens (tertiary/aromatic N) is 1. The fourth-order valence-corrected chi connectivity index (χ4v) is 2.19. The van der Waals surface area contributed by atoms with Gasteiger partial charge in [-0.05, 0) is 30.3 Å². The van der Waals surface area contributed by atoms with Gasteiger partial charge < -0.3 is 4.74 Å². The van der Waals surface area contributed by atoms with Gasteiger partial charge in [0, 0.05) is 12.0 Å². The number of hydrogen-bond donors (Lipinski definition) is 0. The van der Waals surface area contributed by atoms with E-state index in [2.05, 4.69) is 0 Å². The molecule has 0 radical (unpaired) electrons. The standard InChI is InChI=1S/C14H16F3NO2/c1-2-18(9-14(15,16)17)8-12(19)10-3-4-13-11(7-10)5-6-20-13/h3-4,7H,2,5-6,8-9H2,1H3. The lowest BCUT2D eigenvalue weighted by molar-refractivity contribution is -0.144. The predicted molar refractivity (Wildman–Crippen MR) is 68.1 cm³/mol. The number of Topliss-reactive ketones (excluding diaryl/α,β-unsaturated/α-hetero) is 1. The first-order valence-electron chi connectivity index (χ1n) is 6.47. The Balaban J connectivity index is 2.03. The lowest BCUT2D eigenvalue weighted by atomic mass is 10.1. The fraction of sp³-hybridized carbons (Fsp3) is 0.500. The minimum Gasteiger partial charge on any atom is -0.493 e. The highest BCUT2D eigenvalue weighted by Crippen LogP contribution is 2.26. The molecule has 0 saturated heterocycles. The van der Waals surface area contributed by atoms with Gasteiger partial charge in [-0.2, -0.15) is 13.2 Å². The van der Waals surface area contributed by atoms with Crippen molar-refractivity contribution in [2.24, 2.45) is 0 Å². The molecule has 0 amide bonds. The van der Waals surface area contributed by atoms with Crippen molar-refractivity contribution in [3.63, 3.8) is 0 Å². The van der Waals surface area contributed by atoms with Crippen LogP contribution in [0.4, 0.5) is 13.2 Å². The Kier molecular flexibility index (Phi) is 4.32. The molecule has 3 nitrogen and oxygen atoms in total. The number of benzene rings is 1. The highest BCUT2D eigenvalue weighted by molar-refractivity contribution is 5.98. The molecule has 0 bridgehead atoms. The Bertz CT molecular complexity index is 500. The van der Waals surface area contributed by atoms with E-state index in [4.69, 9.17) is 4.74 Å². The van der Waals surface area contributed by atoms with Gasteiger partial charge in [-0.1, -0.05) is 6.92 Å². The van der Waals surface area contributed by atoms with E-state index < -0.39 is 12.7 Å². The average molecular weight is 287 g/mol. The Hall–Kier alpha value is -1.56. The van der Waals surface area contributed by atoms with Crippen molar-refractivity contribution in [3.8, 4) is 5.75 Å². The molecule has 0 unspecified atom stereocenters. The highest BCUT2D eigenvalue weighted by Gasteiger charge is 2.31. The summed E-state index contributed by atoms with van der Waals surface area (Å²) in [6.07, 6.45) is -3.56. The maximum atomic E-state index is 12.4. The largest absolute Gasteiger partial charge is 0.493 e. The van der Waals surface area contributed by atoms with Crippen LogP contribution in [-0.4, -0.2) is 43.1 Å². The van der Waals surface area contributed by atoms with Gasteiger partial charge in [0.1, 0.15) is 5.75 Å². The molecule has 1 heterocycles. The lowest BCUT2D eigenvalue weighted by Crippen LogP contribution is -2.37. The SMILES string of the molecule is CCN(CC(=O)c1ccc2c(c1)CCO2)CC(F)(F)F. The number of fused-ring (bicyclic) bond motifs is 1. The smallest absolute Gasteiger partial charge is 0.401 e. The molecule has 20 heavy (non-hydrogen) atoms. The topological polar surface area (TPSA) is 29.5 Å². The van der Waals surface area contributed by atoms with E-state index in [0.717, 1.165) is 22.6 Å². The van der Waals surface area contributed by atoms with Crippen molar-refractivity contribution in [2.45, 2.75) is 19.5 Å². The van der Waals surface area contributed by atoms with Gasteiger partial charge in [0.15, 0.2) is 5.78 Å². The summed E-state index contributed by atoms with van der Waals surface area (Å²) in [4.78, 5) is 13.1. The molecule has 1 aromatic rings. The van der Waals surface area contributed by atoms with Crippen LogP contribution in [0.15, 0.2) is 18.2 Å². The van der Waals surface area contributed by atoms with Crippen molar-refractivity contribution in [2.75, 3.05) is 26.2 Å². The van der Waals surface area contributed by atoms with Crippen molar-refractivity contribution in [1.29, 1.82) is 0 Å². The molecule has 0 atom stereocenters. The van der Waals surface area contributed by atoms with Gasteiger partial charge in [-0.25, -0.2) is 0 Å². The number of hydrogen-bond acceptors (Lipinski definition) is 3. The Morgan fingerprint density at radius 3 is 2.80 bits per heavy atom. The van der Waals surface area contributed by atoms with Gasteiger partial charge in [-0.3, -0.25) is 9.69 Å². The van der Waals surface area contributed by atoms with Crippen molar-refractivity contribution in [3.05, 3.63) is 29.3 Å². The zero-order valence-electron chi connectivity index (χ0n) is 11.2. The normalized spacial score (nSPS) is 14.2. The molecule has 110 valence electrons. The van der Waals surface area contributed by atoms with Crippen LogP contribution in [0.25, 0.3) is 0 Å². The molecule has 2 rings (SSSR count). The molecule has 6 heteroatoms. The van der Waals surface area contributed by atoms with Crippen LogP contribution >= 0.6 is 0 Å². The van der Waals surface area contributed by atoms with E-state index in [1.54, 1.807) is 25.1 Å². The van der Waals surface area contributed by atoms with Crippen LogP contribution in [0.3, 0.4) is 0 Å². The monoisotopic (exact) mass is 287 g/mol. The Labute approximate surface area is 115 Å². The molecule has 0 N–H and O–H groups in total. The maximum absolute atomic E-state index is 12.4. The van der Waals surface area contributed by atoms with Crippen LogP contribution in [-0.2, 0) is 6.42 Å². The van der Waals surface area contributed by atoms with Gasteiger partial charge >= 0.3 is 6.18 Å². The van der Waals surface area contributed by atoms with Crippen molar-refractivity contribution >= 4 is 5.78 Å². The lowest BCUT2D eigenvalue weighted by Gasteiger charge is -2.21. The summed E-state index contributed by atoms with van der Waals surface area (Å²) in [7, 11) is 0. The molecule has 1 aliphatic heterocycles. The first kappa shape index (κ1) is 14.8. The van der Waals surface area contributed by atoms with E-state index >= 15 is 0 Å². The fourth-order valence-electron chi connectivity index (χ4n) is 2.19. The summed E-state index contributed by atoms with van der Waals surface area (Å²) >= 11 is 0. The zero-order chi connectivity index (χ0) is 14.8. The second-order valence-corrected chi connectivity index (χ2v) is 4.76. The minimum absolute atomic E-state index is 0.180. The van der Waals surface area contributed by atoms with Crippen molar-refractivity contribution < 1.29 is 22.7 Å². The Morgan fingerprint density at radius 2 is 2.15 bits per heavy atom. The number of alkyl halides is 3. The van der Waals surface area contributed by atoms with E-state index in [9.17, 15) is 18.0 Å². The summed E-state index contributed by atoms with van der Waals surface area (Å²) in [6, 6.07) is 5.02. The van der Waals surface area contributed by atoms with E-state index in [1.807, 2.05) is 0 Å². The predicted octanol–water partition coefficient (Wildman–Crippen LogP) is 2.69. The van der Waals surface area contributed by atoms with E-state index in [1.165, 1.54) is 0 Å². The summed E-state index contributed by atoms with van der Waals surface area (Å²) in [6.45, 7) is 1.08. The summed E-state index contributed by atoms with van der Waals surface area (Å²) in [5.74, 6) is 0.454. The number of ether oxygens (including phenoxy) is 1. The average Bonchev–Trinajstić information content (AvgIpc) is 2.83. The van der Waals surface area contributed by atoms with Crippen LogP contribution in [0.2, 0.25) is 0 Å². The zero-order valence-corrected chi connectivity index (χ0v) is 11.2. The first-order chi connectivity index (χ1) is 9.39. The number of halogens is 3. The van der Waals surface area contributed by atoms with E-state index in [-0.39, 0.29) is 18.9 Å². The van der Waals surface area contributed by atoms with Crippen LogP contribution < -0.4 is 4.74 Å². The summed E-state index contributed by atoms with van der Waals surface area (Å²) in [5.41, 5.74) is 1.38. The third kappa shape index (κ3) is 3.72. The summed E-state index contributed by atoms with van der Waals surface area (Å²) in [5, 5.41) is 0. The minimum atomic E-state index is -4.29. The molecule has 1 aromatic carbocycles. The molecule has 0 aromatic heterocycles. The molecule has 0 saturated carbocycles.